The zero-order valence-electron chi connectivity index (χ0n) is 12.8. The van der Waals surface area contributed by atoms with Gasteiger partial charge in [0, 0.05) is 11.1 Å². The van der Waals surface area contributed by atoms with E-state index in [0.29, 0.717) is 11.8 Å². The van der Waals surface area contributed by atoms with E-state index in [0.717, 1.165) is 11.1 Å². The molecule has 0 spiro atoms. The lowest BCUT2D eigenvalue weighted by Gasteiger charge is -2.04. The highest BCUT2D eigenvalue weighted by Gasteiger charge is 1.98. The Bertz CT molecular complexity index is 546. The van der Waals surface area contributed by atoms with Crippen LogP contribution in [0.4, 0.5) is 0 Å². The van der Waals surface area contributed by atoms with Crippen molar-refractivity contribution >= 4 is 0 Å². The van der Waals surface area contributed by atoms with Crippen LogP contribution in [0.3, 0.4) is 0 Å². The third kappa shape index (κ3) is 3.75. The minimum atomic E-state index is 0.570. The Morgan fingerprint density at radius 1 is 0.550 bits per heavy atom. The van der Waals surface area contributed by atoms with Gasteiger partial charge in [-0.05, 0) is 47.2 Å². The number of hydrogen-bond donors (Lipinski definition) is 0. The molecule has 102 valence electrons. The molecule has 0 aliphatic carbocycles. The predicted molar refractivity (Wildman–Crippen MR) is 87.0 cm³/mol. The van der Waals surface area contributed by atoms with Gasteiger partial charge in [-0.15, -0.1) is 0 Å². The van der Waals surface area contributed by atoms with Crippen LogP contribution in [0.2, 0.25) is 0 Å². The molecular weight excluding hydrogens is 240 g/mol. The third-order valence-electron chi connectivity index (χ3n) is 3.51. The summed E-state index contributed by atoms with van der Waals surface area (Å²) < 4.78 is 0. The first kappa shape index (κ1) is 14.4. The lowest BCUT2D eigenvalue weighted by atomic mass is 10.0. The molecule has 0 heteroatoms. The van der Waals surface area contributed by atoms with E-state index in [1.165, 1.54) is 11.1 Å². The van der Waals surface area contributed by atoms with Crippen molar-refractivity contribution in [1.29, 1.82) is 0 Å². The topological polar surface area (TPSA) is 0 Å². The van der Waals surface area contributed by atoms with Crippen LogP contribution in [-0.2, 0) is 0 Å². The summed E-state index contributed by atoms with van der Waals surface area (Å²) in [5.74, 6) is 7.59. The van der Waals surface area contributed by atoms with Gasteiger partial charge >= 0.3 is 0 Å². The Morgan fingerprint density at radius 2 is 0.850 bits per heavy atom. The minimum Gasteiger partial charge on any atom is -0.0617 e. The first-order chi connectivity index (χ1) is 9.56. The molecule has 0 unspecified atom stereocenters. The average molecular weight is 262 g/mol. The van der Waals surface area contributed by atoms with Crippen molar-refractivity contribution < 1.29 is 0 Å². The Labute approximate surface area is 122 Å². The molecule has 0 nitrogen and oxygen atoms in total. The van der Waals surface area contributed by atoms with Crippen LogP contribution in [0.5, 0.6) is 0 Å². The van der Waals surface area contributed by atoms with Gasteiger partial charge in [0.15, 0.2) is 0 Å². The maximum absolute atomic E-state index is 3.23. The molecule has 0 fully saturated rings. The van der Waals surface area contributed by atoms with Crippen LogP contribution in [0.15, 0.2) is 48.5 Å². The summed E-state index contributed by atoms with van der Waals surface area (Å²) in [6.07, 6.45) is 0. The molecule has 20 heavy (non-hydrogen) atoms. The zero-order valence-corrected chi connectivity index (χ0v) is 12.8. The van der Waals surface area contributed by atoms with E-state index >= 15 is 0 Å². The second-order valence-electron chi connectivity index (χ2n) is 5.80. The first-order valence-corrected chi connectivity index (χ1v) is 7.28. The third-order valence-corrected chi connectivity index (χ3v) is 3.51. The summed E-state index contributed by atoms with van der Waals surface area (Å²) in [5, 5.41) is 0. The first-order valence-electron chi connectivity index (χ1n) is 7.28. The predicted octanol–water partition coefficient (Wildman–Crippen LogP) is 5.33. The molecular formula is C20H22. The zero-order chi connectivity index (χ0) is 14.5. The Balaban J connectivity index is 2.13. The molecule has 0 aliphatic heterocycles. The Morgan fingerprint density at radius 3 is 1.10 bits per heavy atom. The fourth-order valence-corrected chi connectivity index (χ4v) is 2.05. The summed E-state index contributed by atoms with van der Waals surface area (Å²) in [7, 11) is 0. The second kappa shape index (κ2) is 6.44. The highest BCUT2D eigenvalue weighted by Crippen LogP contribution is 2.15. The molecule has 0 aliphatic rings. The van der Waals surface area contributed by atoms with E-state index in [2.05, 4.69) is 88.1 Å². The Kier molecular flexibility index (Phi) is 4.64. The maximum atomic E-state index is 3.23. The molecule has 2 rings (SSSR count). The summed E-state index contributed by atoms with van der Waals surface area (Å²) in [5.41, 5.74) is 4.86. The molecule has 0 saturated carbocycles. The summed E-state index contributed by atoms with van der Waals surface area (Å²) >= 11 is 0. The van der Waals surface area contributed by atoms with Crippen molar-refractivity contribution in [3.8, 4) is 11.8 Å². The van der Waals surface area contributed by atoms with Gasteiger partial charge in [-0.3, -0.25) is 0 Å². The number of hydrogen-bond acceptors (Lipinski definition) is 0. The largest absolute Gasteiger partial charge is 0.0617 e. The van der Waals surface area contributed by atoms with Crippen LogP contribution in [0.25, 0.3) is 0 Å². The van der Waals surface area contributed by atoms with Crippen molar-refractivity contribution in [2.45, 2.75) is 39.5 Å². The van der Waals surface area contributed by atoms with E-state index in [1.54, 1.807) is 0 Å². The molecule has 0 atom stereocenters. The van der Waals surface area contributed by atoms with Gasteiger partial charge in [0.2, 0.25) is 0 Å². The van der Waals surface area contributed by atoms with Gasteiger partial charge in [-0.25, -0.2) is 0 Å². The standard InChI is InChI=1S/C20H22/c1-15(2)19-11-7-17(8-12-19)5-6-18-9-13-20(14-10-18)16(3)4/h7-16H,1-4H3. The van der Waals surface area contributed by atoms with E-state index < -0.39 is 0 Å². The lowest BCUT2D eigenvalue weighted by molar-refractivity contribution is 0.866. The molecule has 2 aromatic rings. The van der Waals surface area contributed by atoms with Crippen molar-refractivity contribution in [2.24, 2.45) is 0 Å². The van der Waals surface area contributed by atoms with Crippen LogP contribution in [0, 0.1) is 11.8 Å². The maximum Gasteiger partial charge on any atom is 0.0249 e. The van der Waals surface area contributed by atoms with Crippen LogP contribution >= 0.6 is 0 Å². The van der Waals surface area contributed by atoms with Crippen LogP contribution in [0.1, 0.15) is 61.8 Å². The van der Waals surface area contributed by atoms with Gasteiger partial charge in [-0.1, -0.05) is 63.8 Å². The lowest BCUT2D eigenvalue weighted by Crippen LogP contribution is -1.87. The Hall–Kier alpha value is -2.00. The van der Waals surface area contributed by atoms with Gasteiger partial charge in [-0.2, -0.15) is 0 Å². The number of benzene rings is 2. The monoisotopic (exact) mass is 262 g/mol. The van der Waals surface area contributed by atoms with Gasteiger partial charge < -0.3 is 0 Å². The molecule has 0 aromatic heterocycles. The average Bonchev–Trinajstić information content (AvgIpc) is 2.46. The highest BCUT2D eigenvalue weighted by atomic mass is 14.0. The quantitative estimate of drug-likeness (QED) is 0.641. The fourth-order valence-electron chi connectivity index (χ4n) is 2.05. The van der Waals surface area contributed by atoms with Crippen molar-refractivity contribution in [3.05, 3.63) is 70.8 Å². The summed E-state index contributed by atoms with van der Waals surface area (Å²) in [4.78, 5) is 0. The normalized spacial score (nSPS) is 10.5. The molecule has 2 aromatic carbocycles. The fraction of sp³-hybridized carbons (Fsp3) is 0.300. The van der Waals surface area contributed by atoms with Crippen LogP contribution < -0.4 is 0 Å². The number of rotatable bonds is 2. The van der Waals surface area contributed by atoms with E-state index in [4.69, 9.17) is 0 Å². The SMILES string of the molecule is CC(C)c1ccc(C#Cc2ccc(C(C)C)cc2)cc1. The van der Waals surface area contributed by atoms with Crippen molar-refractivity contribution in [1.82, 2.24) is 0 Å². The highest BCUT2D eigenvalue weighted by molar-refractivity contribution is 5.44. The summed E-state index contributed by atoms with van der Waals surface area (Å²) in [6.45, 7) is 8.82. The summed E-state index contributed by atoms with van der Waals surface area (Å²) in [6, 6.07) is 17.1. The van der Waals surface area contributed by atoms with E-state index in [-0.39, 0.29) is 0 Å². The molecule has 0 radical (unpaired) electrons. The molecule has 0 bridgehead atoms. The molecule has 0 amide bonds. The van der Waals surface area contributed by atoms with Gasteiger partial charge in [0.1, 0.15) is 0 Å². The molecule has 0 saturated heterocycles. The second-order valence-corrected chi connectivity index (χ2v) is 5.80. The smallest absolute Gasteiger partial charge is 0.0249 e. The van der Waals surface area contributed by atoms with E-state index in [1.807, 2.05) is 0 Å². The van der Waals surface area contributed by atoms with Gasteiger partial charge in [0.25, 0.3) is 0 Å². The molecule has 0 heterocycles. The van der Waals surface area contributed by atoms with Gasteiger partial charge in [0.05, 0.1) is 0 Å². The van der Waals surface area contributed by atoms with Crippen molar-refractivity contribution in [3.63, 3.8) is 0 Å². The van der Waals surface area contributed by atoms with E-state index in [9.17, 15) is 0 Å². The van der Waals surface area contributed by atoms with Crippen molar-refractivity contribution in [2.75, 3.05) is 0 Å². The minimum absolute atomic E-state index is 0.570. The van der Waals surface area contributed by atoms with Crippen LogP contribution in [-0.4, -0.2) is 0 Å². The molecule has 0 N–H and O–H groups in total.